The molecule has 210 valence electrons. The summed E-state index contributed by atoms with van der Waals surface area (Å²) in [6, 6.07) is 18.7. The van der Waals surface area contributed by atoms with Crippen LogP contribution in [0.1, 0.15) is 15.9 Å². The van der Waals surface area contributed by atoms with Crippen molar-refractivity contribution in [3.8, 4) is 11.5 Å². The molecule has 40 heavy (non-hydrogen) atoms. The fourth-order valence-electron chi connectivity index (χ4n) is 4.11. The van der Waals surface area contributed by atoms with Crippen LogP contribution >= 0.6 is 11.6 Å². The van der Waals surface area contributed by atoms with Crippen LogP contribution in [0.3, 0.4) is 0 Å². The number of amides is 1. The van der Waals surface area contributed by atoms with Gasteiger partial charge >= 0.3 is 0 Å². The molecule has 1 heterocycles. The number of para-hydroxylation sites is 1. The minimum absolute atomic E-state index is 0.0854. The van der Waals surface area contributed by atoms with E-state index in [1.807, 2.05) is 24.3 Å². The molecular weight excluding hydrogens is 546 g/mol. The molecule has 0 aliphatic rings. The molecule has 0 unspecified atom stereocenters. The number of nitrogens with one attached hydrogen (secondary N) is 1. The van der Waals surface area contributed by atoms with E-state index in [1.165, 1.54) is 12.4 Å². The number of nitrogens with zero attached hydrogens (tertiary/aromatic N) is 2. The lowest BCUT2D eigenvalue weighted by molar-refractivity contribution is 0.0221. The molecule has 4 rings (SSSR count). The number of ether oxygens (including phenoxy) is 3. The summed E-state index contributed by atoms with van der Waals surface area (Å²) in [4.78, 5) is 31.0. The van der Waals surface area contributed by atoms with Gasteiger partial charge in [-0.3, -0.25) is 14.2 Å². The number of aromatic nitrogens is 2. The Hall–Kier alpha value is -3.66. The predicted molar refractivity (Wildman–Crippen MR) is 162 cm³/mol. The Bertz CT molecular complexity index is 1550. The van der Waals surface area contributed by atoms with Gasteiger partial charge in [-0.05, 0) is 54.4 Å². The van der Waals surface area contributed by atoms with E-state index in [0.717, 1.165) is 17.4 Å². The Balaban J connectivity index is 1.46. The third-order valence-electron chi connectivity index (χ3n) is 6.40. The molecule has 0 bridgehead atoms. The third-order valence-corrected chi connectivity index (χ3v) is 8.40. The highest BCUT2D eigenvalue weighted by molar-refractivity contribution is 6.76. The molecule has 4 aromatic rings. The predicted octanol–water partition coefficient (Wildman–Crippen LogP) is 6.24. The van der Waals surface area contributed by atoms with E-state index in [0.29, 0.717) is 52.5 Å². The molecule has 0 saturated heterocycles. The van der Waals surface area contributed by atoms with E-state index >= 15 is 0 Å². The Morgan fingerprint density at radius 3 is 2.60 bits per heavy atom. The lowest BCUT2D eigenvalue weighted by atomic mass is 10.1. The minimum Gasteiger partial charge on any atom is -0.496 e. The third kappa shape index (κ3) is 7.50. The number of benzene rings is 3. The maximum Gasteiger partial charge on any atom is 0.263 e. The Morgan fingerprint density at radius 1 is 1.05 bits per heavy atom. The van der Waals surface area contributed by atoms with Crippen LogP contribution in [0.5, 0.6) is 11.5 Å². The Labute approximate surface area is 239 Å². The monoisotopic (exact) mass is 579 g/mol. The quantitative estimate of drug-likeness (QED) is 0.121. The smallest absolute Gasteiger partial charge is 0.263 e. The highest BCUT2D eigenvalue weighted by atomic mass is 35.5. The summed E-state index contributed by atoms with van der Waals surface area (Å²) in [6.45, 7) is 7.98. The summed E-state index contributed by atoms with van der Waals surface area (Å²) in [6.07, 6.45) is 2.11. The molecule has 0 saturated carbocycles. The average molecular weight is 580 g/mol. The molecule has 1 amide bonds. The zero-order valence-corrected chi connectivity index (χ0v) is 25.0. The molecule has 0 spiro atoms. The maximum atomic E-state index is 13.4. The molecular formula is C30H34ClN3O5Si. The van der Waals surface area contributed by atoms with Crippen LogP contribution in [0.4, 0.5) is 5.69 Å². The zero-order valence-electron chi connectivity index (χ0n) is 23.2. The van der Waals surface area contributed by atoms with Gasteiger partial charge in [-0.1, -0.05) is 55.5 Å². The van der Waals surface area contributed by atoms with Crippen LogP contribution in [0.25, 0.3) is 10.9 Å². The van der Waals surface area contributed by atoms with E-state index < -0.39 is 14.0 Å². The van der Waals surface area contributed by atoms with Crippen LogP contribution in [0.2, 0.25) is 30.7 Å². The van der Waals surface area contributed by atoms with Crippen molar-refractivity contribution in [2.75, 3.05) is 25.8 Å². The first kappa shape index (κ1) is 29.3. The van der Waals surface area contributed by atoms with Crippen LogP contribution in [0.15, 0.2) is 71.8 Å². The minimum atomic E-state index is -1.18. The molecule has 8 nitrogen and oxygen atoms in total. The van der Waals surface area contributed by atoms with Gasteiger partial charge in [0.15, 0.2) is 6.79 Å². The first-order chi connectivity index (χ1) is 19.2. The number of carbonyl (C=O) groups is 1. The molecule has 3 aromatic carbocycles. The SMILES string of the molecule is COc1ccccc1CCn1cnc2cccc(NC(=O)c3ccc(OCOCC[Si](C)(C)C)c(Cl)c3)c2c1=O. The number of hydrogen-bond acceptors (Lipinski definition) is 6. The van der Waals surface area contributed by atoms with Gasteiger partial charge in [-0.15, -0.1) is 0 Å². The van der Waals surface area contributed by atoms with E-state index in [9.17, 15) is 9.59 Å². The number of anilines is 1. The van der Waals surface area contributed by atoms with Gasteiger partial charge in [0.25, 0.3) is 11.5 Å². The lowest BCUT2D eigenvalue weighted by Crippen LogP contribution is -2.23. The van der Waals surface area contributed by atoms with Gasteiger partial charge in [0.05, 0.1) is 35.1 Å². The van der Waals surface area contributed by atoms with Gasteiger partial charge in [0.1, 0.15) is 11.5 Å². The van der Waals surface area contributed by atoms with Gasteiger partial charge < -0.3 is 19.5 Å². The van der Waals surface area contributed by atoms with Gasteiger partial charge in [-0.2, -0.15) is 0 Å². The summed E-state index contributed by atoms with van der Waals surface area (Å²) in [5.41, 5.74) is 1.94. The number of methoxy groups -OCH3 is 1. The van der Waals surface area contributed by atoms with Crippen molar-refractivity contribution >= 4 is 42.2 Å². The van der Waals surface area contributed by atoms with Crippen molar-refractivity contribution in [3.63, 3.8) is 0 Å². The number of rotatable bonds is 12. The van der Waals surface area contributed by atoms with E-state index in [-0.39, 0.29) is 12.4 Å². The average Bonchev–Trinajstić information content (AvgIpc) is 2.92. The fourth-order valence-corrected chi connectivity index (χ4v) is 5.10. The maximum absolute atomic E-state index is 13.4. The first-order valence-corrected chi connectivity index (χ1v) is 17.2. The molecule has 0 aliphatic heterocycles. The van der Waals surface area contributed by atoms with E-state index in [2.05, 4.69) is 29.9 Å². The normalized spacial score (nSPS) is 11.4. The Kier molecular flexibility index (Phi) is 9.62. The molecule has 0 aliphatic carbocycles. The van der Waals surface area contributed by atoms with Gasteiger partial charge in [0, 0.05) is 26.8 Å². The number of hydrogen-bond donors (Lipinski definition) is 1. The second-order valence-electron chi connectivity index (χ2n) is 10.6. The zero-order chi connectivity index (χ0) is 28.7. The van der Waals surface area contributed by atoms with Crippen molar-refractivity contribution in [3.05, 3.63) is 93.5 Å². The van der Waals surface area contributed by atoms with Crippen molar-refractivity contribution in [2.24, 2.45) is 0 Å². The number of halogens is 1. The summed E-state index contributed by atoms with van der Waals surface area (Å²) in [7, 11) is 0.444. The largest absolute Gasteiger partial charge is 0.496 e. The number of carbonyl (C=O) groups excluding carboxylic acids is 1. The van der Waals surface area contributed by atoms with Crippen LogP contribution in [-0.2, 0) is 17.7 Å². The summed E-state index contributed by atoms with van der Waals surface area (Å²) in [5, 5.41) is 3.47. The van der Waals surface area contributed by atoms with Crippen LogP contribution < -0.4 is 20.3 Å². The fraction of sp³-hybridized carbons (Fsp3) is 0.300. The number of fused-ring (bicyclic) bond motifs is 1. The van der Waals surface area contributed by atoms with Crippen molar-refractivity contribution in [1.29, 1.82) is 0 Å². The number of aryl methyl sites for hydroxylation is 2. The second kappa shape index (κ2) is 13.1. The lowest BCUT2D eigenvalue weighted by Gasteiger charge is -2.16. The van der Waals surface area contributed by atoms with Crippen LogP contribution in [0, 0.1) is 0 Å². The van der Waals surface area contributed by atoms with Crippen molar-refractivity contribution < 1.29 is 19.0 Å². The molecule has 0 fully saturated rings. The second-order valence-corrected chi connectivity index (χ2v) is 16.6. The standard InChI is InChI=1S/C30H34ClN3O5Si/c1-37-26-11-6-5-8-21(26)14-15-34-19-32-24-9-7-10-25(28(24)30(34)36)33-29(35)22-12-13-27(23(31)18-22)39-20-38-16-17-40(2,3)4/h5-13,18-19H,14-17,20H2,1-4H3,(H,33,35). The van der Waals surface area contributed by atoms with Crippen molar-refractivity contribution in [2.45, 2.75) is 38.7 Å². The summed E-state index contributed by atoms with van der Waals surface area (Å²) in [5.74, 6) is 0.788. The highest BCUT2D eigenvalue weighted by Crippen LogP contribution is 2.27. The Morgan fingerprint density at radius 2 is 1.85 bits per heavy atom. The van der Waals surface area contributed by atoms with Crippen molar-refractivity contribution in [1.82, 2.24) is 9.55 Å². The first-order valence-electron chi connectivity index (χ1n) is 13.1. The summed E-state index contributed by atoms with van der Waals surface area (Å²) < 4.78 is 18.2. The summed E-state index contributed by atoms with van der Waals surface area (Å²) >= 11 is 6.38. The van der Waals surface area contributed by atoms with E-state index in [4.69, 9.17) is 25.8 Å². The van der Waals surface area contributed by atoms with Gasteiger partial charge in [0.2, 0.25) is 0 Å². The van der Waals surface area contributed by atoms with E-state index in [1.54, 1.807) is 42.0 Å². The highest BCUT2D eigenvalue weighted by Gasteiger charge is 2.16. The topological polar surface area (TPSA) is 91.7 Å². The molecule has 10 heteroatoms. The van der Waals surface area contributed by atoms with Gasteiger partial charge in [-0.25, -0.2) is 4.98 Å². The molecule has 0 atom stereocenters. The molecule has 1 N–H and O–H groups in total. The molecule has 0 radical (unpaired) electrons. The van der Waals surface area contributed by atoms with Crippen LogP contribution in [-0.4, -0.2) is 44.0 Å². The molecule has 1 aromatic heterocycles.